The van der Waals surface area contributed by atoms with Gasteiger partial charge in [0.2, 0.25) is 0 Å². The van der Waals surface area contributed by atoms with Crippen molar-refractivity contribution in [2.75, 3.05) is 0 Å². The van der Waals surface area contributed by atoms with Crippen LogP contribution in [0.3, 0.4) is 0 Å². The third-order valence-corrected chi connectivity index (χ3v) is 4.88. The van der Waals surface area contributed by atoms with E-state index in [2.05, 4.69) is 39.1 Å². The van der Waals surface area contributed by atoms with E-state index in [9.17, 15) is 0 Å². The van der Waals surface area contributed by atoms with E-state index in [1.165, 1.54) is 25.7 Å². The molecule has 0 radical (unpaired) electrons. The van der Waals surface area contributed by atoms with Crippen molar-refractivity contribution >= 4 is 0 Å². The molecular formula is C18H31NO. The number of hydrogen-bond acceptors (Lipinski definition) is 2. The van der Waals surface area contributed by atoms with Gasteiger partial charge in [-0.1, -0.05) is 20.8 Å². The first-order valence-corrected chi connectivity index (χ1v) is 8.23. The van der Waals surface area contributed by atoms with Crippen molar-refractivity contribution < 1.29 is 4.42 Å². The highest BCUT2D eigenvalue weighted by atomic mass is 16.3. The van der Waals surface area contributed by atoms with Crippen LogP contribution < -0.4 is 5.32 Å². The molecule has 1 fully saturated rings. The molecule has 0 aromatic carbocycles. The number of rotatable bonds is 5. The summed E-state index contributed by atoms with van der Waals surface area (Å²) in [6.45, 7) is 9.46. The fraction of sp³-hybridized carbons (Fsp3) is 0.778. The second-order valence-electron chi connectivity index (χ2n) is 7.60. The zero-order valence-electron chi connectivity index (χ0n) is 13.6. The first-order valence-electron chi connectivity index (χ1n) is 8.23. The Morgan fingerprint density at radius 3 is 2.50 bits per heavy atom. The molecule has 1 aliphatic carbocycles. The number of furan rings is 1. The molecular weight excluding hydrogens is 246 g/mol. The van der Waals surface area contributed by atoms with Crippen molar-refractivity contribution in [2.45, 2.75) is 78.3 Å². The SMILES string of the molecule is CC(CCc1ccco1)NC1CCC(C(C)(C)C)CC1. The Labute approximate surface area is 124 Å². The van der Waals surface area contributed by atoms with E-state index in [1.54, 1.807) is 6.26 Å². The zero-order chi connectivity index (χ0) is 14.6. The Morgan fingerprint density at radius 2 is 1.95 bits per heavy atom. The molecule has 1 aromatic rings. The molecule has 2 nitrogen and oxygen atoms in total. The summed E-state index contributed by atoms with van der Waals surface area (Å²) in [6.07, 6.45) is 9.41. The molecule has 1 aromatic heterocycles. The molecule has 1 atom stereocenters. The second kappa shape index (κ2) is 6.80. The van der Waals surface area contributed by atoms with Gasteiger partial charge in [0.15, 0.2) is 0 Å². The van der Waals surface area contributed by atoms with Gasteiger partial charge in [-0.3, -0.25) is 0 Å². The summed E-state index contributed by atoms with van der Waals surface area (Å²) in [4.78, 5) is 0. The van der Waals surface area contributed by atoms with E-state index < -0.39 is 0 Å². The maximum absolute atomic E-state index is 5.40. The lowest BCUT2D eigenvalue weighted by atomic mass is 9.71. The smallest absolute Gasteiger partial charge is 0.103 e. The van der Waals surface area contributed by atoms with E-state index >= 15 is 0 Å². The van der Waals surface area contributed by atoms with Crippen molar-refractivity contribution in [3.8, 4) is 0 Å². The van der Waals surface area contributed by atoms with E-state index in [-0.39, 0.29) is 0 Å². The van der Waals surface area contributed by atoms with Gasteiger partial charge in [0.25, 0.3) is 0 Å². The molecule has 114 valence electrons. The van der Waals surface area contributed by atoms with Crippen LogP contribution in [0.1, 0.15) is 65.6 Å². The van der Waals surface area contributed by atoms with Crippen LogP contribution in [0, 0.1) is 11.3 Å². The molecule has 20 heavy (non-hydrogen) atoms. The van der Waals surface area contributed by atoms with Crippen LogP contribution in [-0.2, 0) is 6.42 Å². The maximum atomic E-state index is 5.40. The summed E-state index contributed by atoms with van der Waals surface area (Å²) in [7, 11) is 0. The molecule has 1 saturated carbocycles. The highest BCUT2D eigenvalue weighted by molar-refractivity contribution is 4.98. The van der Waals surface area contributed by atoms with Crippen molar-refractivity contribution in [3.05, 3.63) is 24.2 Å². The van der Waals surface area contributed by atoms with Gasteiger partial charge in [-0.15, -0.1) is 0 Å². The minimum absolute atomic E-state index is 0.482. The standard InChI is InChI=1S/C18H31NO/c1-14(7-12-17-6-5-13-20-17)19-16-10-8-15(9-11-16)18(2,3)4/h5-6,13-16,19H,7-12H2,1-4H3. The zero-order valence-corrected chi connectivity index (χ0v) is 13.6. The van der Waals surface area contributed by atoms with Gasteiger partial charge in [0, 0.05) is 18.5 Å². The van der Waals surface area contributed by atoms with E-state index in [4.69, 9.17) is 4.42 Å². The molecule has 0 bridgehead atoms. The van der Waals surface area contributed by atoms with Crippen molar-refractivity contribution in [1.82, 2.24) is 5.32 Å². The van der Waals surface area contributed by atoms with Gasteiger partial charge >= 0.3 is 0 Å². The summed E-state index contributed by atoms with van der Waals surface area (Å²) >= 11 is 0. The van der Waals surface area contributed by atoms with Crippen LogP contribution in [0.2, 0.25) is 0 Å². The van der Waals surface area contributed by atoms with Gasteiger partial charge in [-0.05, 0) is 62.5 Å². The summed E-state index contributed by atoms with van der Waals surface area (Å²) < 4.78 is 5.40. The van der Waals surface area contributed by atoms with Gasteiger partial charge < -0.3 is 9.73 Å². The Kier molecular flexibility index (Phi) is 5.31. The first kappa shape index (κ1) is 15.6. The van der Waals surface area contributed by atoms with E-state index in [0.717, 1.165) is 30.6 Å². The summed E-state index contributed by atoms with van der Waals surface area (Å²) in [6, 6.07) is 5.35. The molecule has 0 spiro atoms. The average Bonchev–Trinajstić information content (AvgIpc) is 2.89. The van der Waals surface area contributed by atoms with Gasteiger partial charge in [0.1, 0.15) is 5.76 Å². The van der Waals surface area contributed by atoms with Gasteiger partial charge in [-0.25, -0.2) is 0 Å². The molecule has 1 unspecified atom stereocenters. The van der Waals surface area contributed by atoms with Crippen molar-refractivity contribution in [1.29, 1.82) is 0 Å². The Morgan fingerprint density at radius 1 is 1.25 bits per heavy atom. The van der Waals surface area contributed by atoms with Crippen molar-refractivity contribution in [3.63, 3.8) is 0 Å². The molecule has 0 amide bonds. The maximum Gasteiger partial charge on any atom is 0.103 e. The predicted molar refractivity (Wildman–Crippen MR) is 84.8 cm³/mol. The molecule has 0 saturated heterocycles. The molecule has 2 heteroatoms. The molecule has 1 N–H and O–H groups in total. The quantitative estimate of drug-likeness (QED) is 0.836. The topological polar surface area (TPSA) is 25.2 Å². The number of aryl methyl sites for hydroxylation is 1. The molecule has 1 heterocycles. The van der Waals surface area contributed by atoms with Crippen LogP contribution in [0.25, 0.3) is 0 Å². The Balaban J connectivity index is 1.67. The van der Waals surface area contributed by atoms with E-state index in [1.807, 2.05) is 6.07 Å². The third kappa shape index (κ3) is 4.66. The lowest BCUT2D eigenvalue weighted by Crippen LogP contribution is -2.40. The Hall–Kier alpha value is -0.760. The second-order valence-corrected chi connectivity index (χ2v) is 7.60. The van der Waals surface area contributed by atoms with Crippen LogP contribution in [0.15, 0.2) is 22.8 Å². The fourth-order valence-electron chi connectivity index (χ4n) is 3.43. The monoisotopic (exact) mass is 277 g/mol. The molecule has 1 aliphatic rings. The predicted octanol–water partition coefficient (Wildman–Crippen LogP) is 4.80. The lowest BCUT2D eigenvalue weighted by molar-refractivity contribution is 0.156. The fourth-order valence-corrected chi connectivity index (χ4v) is 3.43. The average molecular weight is 277 g/mol. The van der Waals surface area contributed by atoms with E-state index in [0.29, 0.717) is 11.5 Å². The highest BCUT2D eigenvalue weighted by Crippen LogP contribution is 2.37. The third-order valence-electron chi connectivity index (χ3n) is 4.88. The summed E-state index contributed by atoms with van der Waals surface area (Å²) in [5.41, 5.74) is 0.482. The van der Waals surface area contributed by atoms with Gasteiger partial charge in [-0.2, -0.15) is 0 Å². The molecule has 2 rings (SSSR count). The minimum atomic E-state index is 0.482. The lowest BCUT2D eigenvalue weighted by Gasteiger charge is -2.38. The first-order chi connectivity index (χ1) is 9.45. The summed E-state index contributed by atoms with van der Waals surface area (Å²) in [5, 5.41) is 3.81. The molecule has 0 aliphatic heterocycles. The van der Waals surface area contributed by atoms with Crippen LogP contribution in [0.4, 0.5) is 0 Å². The Bertz CT molecular complexity index is 369. The van der Waals surface area contributed by atoms with Crippen molar-refractivity contribution in [2.24, 2.45) is 11.3 Å². The largest absolute Gasteiger partial charge is 0.469 e. The van der Waals surface area contributed by atoms with Gasteiger partial charge in [0.05, 0.1) is 6.26 Å². The number of hydrogen-bond donors (Lipinski definition) is 1. The van der Waals surface area contributed by atoms with Crippen LogP contribution >= 0.6 is 0 Å². The van der Waals surface area contributed by atoms with Crippen LogP contribution in [0.5, 0.6) is 0 Å². The summed E-state index contributed by atoms with van der Waals surface area (Å²) in [5.74, 6) is 2.01. The highest BCUT2D eigenvalue weighted by Gasteiger charge is 2.29. The number of nitrogens with one attached hydrogen (secondary N) is 1. The van der Waals surface area contributed by atoms with Crippen LogP contribution in [-0.4, -0.2) is 12.1 Å². The normalized spacial score (nSPS) is 25.6. The minimum Gasteiger partial charge on any atom is -0.469 e.